The van der Waals surface area contributed by atoms with E-state index in [1.165, 1.54) is 16.2 Å². The molecule has 0 radical (unpaired) electrons. The summed E-state index contributed by atoms with van der Waals surface area (Å²) in [5.41, 5.74) is 2.44. The molecular weight excluding hydrogens is 242 g/mol. The quantitative estimate of drug-likeness (QED) is 0.838. The number of hydrogen-bond donors (Lipinski definition) is 0. The predicted octanol–water partition coefficient (Wildman–Crippen LogP) is 2.63. The lowest BCUT2D eigenvalue weighted by atomic mass is 10.1. The summed E-state index contributed by atoms with van der Waals surface area (Å²) in [7, 11) is 0. The molecule has 0 N–H and O–H groups in total. The van der Waals surface area contributed by atoms with Crippen molar-refractivity contribution in [2.24, 2.45) is 0 Å². The van der Waals surface area contributed by atoms with Crippen LogP contribution in [-0.4, -0.2) is 30.7 Å². The number of amides is 1. The summed E-state index contributed by atoms with van der Waals surface area (Å²) in [6.07, 6.45) is 2.40. The lowest BCUT2D eigenvalue weighted by Crippen LogP contribution is -2.36. The molecule has 4 nitrogen and oxygen atoms in total. The standard InChI is InChI=1S/C15H21NO3/c1-12-5-6-14(11-13(12)2)18-10-7-15(17)16-8-3-4-9-19-16/h5-6,11H,3-4,7-10H2,1-2H3. The predicted molar refractivity (Wildman–Crippen MR) is 72.9 cm³/mol. The molecule has 1 fully saturated rings. The third-order valence-electron chi connectivity index (χ3n) is 3.34. The molecule has 1 aromatic rings. The van der Waals surface area contributed by atoms with Crippen LogP contribution in [0.3, 0.4) is 0 Å². The van der Waals surface area contributed by atoms with E-state index >= 15 is 0 Å². The van der Waals surface area contributed by atoms with Gasteiger partial charge in [-0.15, -0.1) is 0 Å². The average Bonchev–Trinajstić information content (AvgIpc) is 2.43. The molecule has 104 valence electrons. The minimum absolute atomic E-state index is 0.00327. The van der Waals surface area contributed by atoms with Gasteiger partial charge in [0.1, 0.15) is 5.75 Å². The second kappa shape index (κ2) is 6.57. The van der Waals surface area contributed by atoms with Crippen molar-refractivity contribution >= 4 is 5.91 Å². The number of carbonyl (C=O) groups excluding carboxylic acids is 1. The van der Waals surface area contributed by atoms with E-state index in [1.807, 2.05) is 18.2 Å². The minimum atomic E-state index is 0.00327. The summed E-state index contributed by atoms with van der Waals surface area (Å²) in [6.45, 7) is 5.85. The Kier molecular flexibility index (Phi) is 4.80. The number of ether oxygens (including phenoxy) is 1. The Bertz CT molecular complexity index is 439. The van der Waals surface area contributed by atoms with Crippen molar-refractivity contribution in [3.63, 3.8) is 0 Å². The van der Waals surface area contributed by atoms with Gasteiger partial charge in [0.2, 0.25) is 5.91 Å². The Labute approximate surface area is 114 Å². The molecule has 1 saturated heterocycles. The van der Waals surface area contributed by atoms with Gasteiger partial charge in [-0.2, -0.15) is 0 Å². The third-order valence-corrected chi connectivity index (χ3v) is 3.34. The van der Waals surface area contributed by atoms with Crippen molar-refractivity contribution < 1.29 is 14.4 Å². The Morgan fingerprint density at radius 2 is 2.16 bits per heavy atom. The van der Waals surface area contributed by atoms with E-state index in [2.05, 4.69) is 13.8 Å². The summed E-state index contributed by atoms with van der Waals surface area (Å²) in [5.74, 6) is 0.819. The van der Waals surface area contributed by atoms with E-state index in [0.29, 0.717) is 26.2 Å². The molecule has 0 aromatic heterocycles. The molecule has 2 rings (SSSR count). The van der Waals surface area contributed by atoms with E-state index in [9.17, 15) is 4.79 Å². The van der Waals surface area contributed by atoms with Crippen LogP contribution < -0.4 is 4.74 Å². The van der Waals surface area contributed by atoms with Crippen LogP contribution in [0.15, 0.2) is 18.2 Å². The van der Waals surface area contributed by atoms with E-state index in [0.717, 1.165) is 18.6 Å². The molecule has 0 atom stereocenters. The highest BCUT2D eigenvalue weighted by Gasteiger charge is 2.17. The Morgan fingerprint density at radius 3 is 2.84 bits per heavy atom. The van der Waals surface area contributed by atoms with Crippen LogP contribution >= 0.6 is 0 Å². The SMILES string of the molecule is Cc1ccc(OCCC(=O)N2CCCCO2)cc1C. The number of hydroxylamine groups is 2. The Morgan fingerprint density at radius 1 is 1.32 bits per heavy atom. The molecular formula is C15H21NO3. The number of nitrogens with zero attached hydrogens (tertiary/aromatic N) is 1. The topological polar surface area (TPSA) is 38.8 Å². The molecule has 4 heteroatoms. The van der Waals surface area contributed by atoms with Gasteiger partial charge in [0.05, 0.1) is 19.6 Å². The fourth-order valence-corrected chi connectivity index (χ4v) is 1.98. The smallest absolute Gasteiger partial charge is 0.249 e. The fourth-order valence-electron chi connectivity index (χ4n) is 1.98. The molecule has 1 amide bonds. The van der Waals surface area contributed by atoms with Crippen LogP contribution in [0.5, 0.6) is 5.75 Å². The highest BCUT2D eigenvalue weighted by atomic mass is 16.7. The molecule has 1 aliphatic rings. The first-order chi connectivity index (χ1) is 9.16. The third kappa shape index (κ3) is 3.96. The molecule has 0 saturated carbocycles. The lowest BCUT2D eigenvalue weighted by molar-refractivity contribution is -0.197. The van der Waals surface area contributed by atoms with Gasteiger partial charge < -0.3 is 4.74 Å². The number of aryl methyl sites for hydroxylation is 2. The van der Waals surface area contributed by atoms with Crippen molar-refractivity contribution in [2.45, 2.75) is 33.1 Å². The van der Waals surface area contributed by atoms with Crippen molar-refractivity contribution in [3.05, 3.63) is 29.3 Å². The summed E-state index contributed by atoms with van der Waals surface area (Å²) in [5, 5.41) is 1.47. The lowest BCUT2D eigenvalue weighted by Gasteiger charge is -2.25. The van der Waals surface area contributed by atoms with Gasteiger partial charge in [0.25, 0.3) is 0 Å². The zero-order chi connectivity index (χ0) is 13.7. The average molecular weight is 263 g/mol. The molecule has 1 aliphatic heterocycles. The Hall–Kier alpha value is -1.55. The van der Waals surface area contributed by atoms with Crippen LogP contribution in [0.2, 0.25) is 0 Å². The van der Waals surface area contributed by atoms with E-state index in [4.69, 9.17) is 9.57 Å². The van der Waals surface area contributed by atoms with Crippen LogP contribution in [-0.2, 0) is 9.63 Å². The normalized spacial score (nSPS) is 15.4. The van der Waals surface area contributed by atoms with Crippen molar-refractivity contribution in [2.75, 3.05) is 19.8 Å². The molecule has 0 unspecified atom stereocenters. The summed E-state index contributed by atoms with van der Waals surface area (Å²) >= 11 is 0. The maximum Gasteiger partial charge on any atom is 0.249 e. The van der Waals surface area contributed by atoms with Gasteiger partial charge in [-0.05, 0) is 49.9 Å². The van der Waals surface area contributed by atoms with Crippen LogP contribution in [0.1, 0.15) is 30.4 Å². The van der Waals surface area contributed by atoms with Gasteiger partial charge >= 0.3 is 0 Å². The second-order valence-corrected chi connectivity index (χ2v) is 4.88. The van der Waals surface area contributed by atoms with Gasteiger partial charge in [-0.25, -0.2) is 5.06 Å². The van der Waals surface area contributed by atoms with Crippen molar-refractivity contribution in [1.29, 1.82) is 0 Å². The van der Waals surface area contributed by atoms with Crippen LogP contribution in [0, 0.1) is 13.8 Å². The highest BCUT2D eigenvalue weighted by Crippen LogP contribution is 2.16. The van der Waals surface area contributed by atoms with E-state index in [1.54, 1.807) is 0 Å². The molecule has 0 spiro atoms. The summed E-state index contributed by atoms with van der Waals surface area (Å²) in [4.78, 5) is 17.1. The number of carbonyl (C=O) groups is 1. The van der Waals surface area contributed by atoms with Crippen LogP contribution in [0.25, 0.3) is 0 Å². The zero-order valence-corrected chi connectivity index (χ0v) is 11.6. The maximum absolute atomic E-state index is 11.8. The molecule has 1 aromatic carbocycles. The first-order valence-electron chi connectivity index (χ1n) is 6.80. The second-order valence-electron chi connectivity index (χ2n) is 4.88. The number of benzene rings is 1. The number of hydrogen-bond acceptors (Lipinski definition) is 3. The highest BCUT2D eigenvalue weighted by molar-refractivity contribution is 5.75. The largest absolute Gasteiger partial charge is 0.493 e. The van der Waals surface area contributed by atoms with Gasteiger partial charge in [0, 0.05) is 6.54 Å². The van der Waals surface area contributed by atoms with Gasteiger partial charge in [-0.3, -0.25) is 9.63 Å². The van der Waals surface area contributed by atoms with E-state index in [-0.39, 0.29) is 5.91 Å². The first kappa shape index (κ1) is 13.9. The van der Waals surface area contributed by atoms with Crippen LogP contribution in [0.4, 0.5) is 0 Å². The molecule has 0 aliphatic carbocycles. The zero-order valence-electron chi connectivity index (χ0n) is 11.6. The first-order valence-corrected chi connectivity index (χ1v) is 6.80. The minimum Gasteiger partial charge on any atom is -0.493 e. The van der Waals surface area contributed by atoms with Gasteiger partial charge in [-0.1, -0.05) is 6.07 Å². The molecule has 19 heavy (non-hydrogen) atoms. The molecule has 0 bridgehead atoms. The summed E-state index contributed by atoms with van der Waals surface area (Å²) in [6, 6.07) is 5.96. The van der Waals surface area contributed by atoms with Gasteiger partial charge in [0.15, 0.2) is 0 Å². The monoisotopic (exact) mass is 263 g/mol. The van der Waals surface area contributed by atoms with E-state index < -0.39 is 0 Å². The fraction of sp³-hybridized carbons (Fsp3) is 0.533. The molecule has 1 heterocycles. The maximum atomic E-state index is 11.8. The van der Waals surface area contributed by atoms with Crippen molar-refractivity contribution in [1.82, 2.24) is 5.06 Å². The summed E-state index contributed by atoms with van der Waals surface area (Å²) < 4.78 is 5.60. The number of rotatable bonds is 4. The Balaban J connectivity index is 1.76. The van der Waals surface area contributed by atoms with Crippen molar-refractivity contribution in [3.8, 4) is 5.75 Å².